The van der Waals surface area contributed by atoms with E-state index in [2.05, 4.69) is 31.2 Å². The molecule has 1 aromatic carbocycles. The van der Waals surface area contributed by atoms with E-state index in [4.69, 9.17) is 4.74 Å². The summed E-state index contributed by atoms with van der Waals surface area (Å²) in [7, 11) is 1.73. The minimum atomic E-state index is -0.180. The van der Waals surface area contributed by atoms with E-state index in [0.717, 1.165) is 50.7 Å². The molecule has 2 nitrogen and oxygen atoms in total. The van der Waals surface area contributed by atoms with Gasteiger partial charge < -0.3 is 4.74 Å². The normalized spacial score (nSPS) is 26.2. The number of hydrogen-bond acceptors (Lipinski definition) is 2. The van der Waals surface area contributed by atoms with Gasteiger partial charge in [-0.1, -0.05) is 19.1 Å². The number of methoxy groups -OCH3 is 1. The maximum atomic E-state index is 12.7. The molecule has 1 unspecified atom stereocenters. The van der Waals surface area contributed by atoms with Gasteiger partial charge in [-0.05, 0) is 78.5 Å². The van der Waals surface area contributed by atoms with Gasteiger partial charge in [0.2, 0.25) is 0 Å². The molecule has 0 aliphatic heterocycles. The Bertz CT molecular complexity index is 738. The first-order valence-corrected chi connectivity index (χ1v) is 8.83. The predicted octanol–water partition coefficient (Wildman–Crippen LogP) is 4.87. The van der Waals surface area contributed by atoms with E-state index >= 15 is 0 Å². The first kappa shape index (κ1) is 14.7. The molecule has 0 radical (unpaired) electrons. The number of carbonyl (C=O) groups is 1. The van der Waals surface area contributed by atoms with E-state index in [1.54, 1.807) is 7.11 Å². The van der Waals surface area contributed by atoms with Crippen LogP contribution in [-0.4, -0.2) is 12.9 Å². The molecular weight excluding hydrogens is 284 g/mol. The summed E-state index contributed by atoms with van der Waals surface area (Å²) in [5, 5.41) is 0. The molecule has 0 N–H and O–H groups in total. The molecule has 0 spiro atoms. The Kier molecular flexibility index (Phi) is 3.44. The first-order valence-electron chi connectivity index (χ1n) is 8.83. The largest absolute Gasteiger partial charge is 0.497 e. The van der Waals surface area contributed by atoms with Crippen LogP contribution in [0.25, 0.3) is 5.57 Å². The van der Waals surface area contributed by atoms with E-state index in [1.165, 1.54) is 27.8 Å². The summed E-state index contributed by atoms with van der Waals surface area (Å²) in [6.45, 7) is 2.18. The van der Waals surface area contributed by atoms with Crippen molar-refractivity contribution in [3.8, 4) is 5.75 Å². The predicted molar refractivity (Wildman–Crippen MR) is 92.5 cm³/mol. The standard InChI is InChI=1S/C21H24O2/c1-3-21-12-11-17-16-10-8-15(23-2)13-14(16)7-9-18(17)19(21)5-4-6-20(21)22/h5,8,10,13H,3-4,6-7,9,11-12H2,1-2H3. The molecule has 0 heterocycles. The molecule has 23 heavy (non-hydrogen) atoms. The Morgan fingerprint density at radius 1 is 1.13 bits per heavy atom. The molecule has 0 amide bonds. The Morgan fingerprint density at radius 3 is 2.78 bits per heavy atom. The fraction of sp³-hybridized carbons (Fsp3) is 0.476. The van der Waals surface area contributed by atoms with E-state index in [-0.39, 0.29) is 5.41 Å². The van der Waals surface area contributed by atoms with Gasteiger partial charge in [0.05, 0.1) is 12.5 Å². The van der Waals surface area contributed by atoms with Gasteiger partial charge in [-0.2, -0.15) is 0 Å². The van der Waals surface area contributed by atoms with Gasteiger partial charge in [0, 0.05) is 6.42 Å². The Balaban J connectivity index is 1.85. The van der Waals surface area contributed by atoms with Crippen LogP contribution in [0, 0.1) is 5.41 Å². The molecule has 0 fully saturated rings. The lowest BCUT2D eigenvalue weighted by Crippen LogP contribution is -2.38. The van der Waals surface area contributed by atoms with Crippen LogP contribution in [0.1, 0.15) is 56.6 Å². The van der Waals surface area contributed by atoms with Crippen molar-refractivity contribution in [3.63, 3.8) is 0 Å². The van der Waals surface area contributed by atoms with Gasteiger partial charge in [0.15, 0.2) is 0 Å². The van der Waals surface area contributed by atoms with Crippen LogP contribution >= 0.6 is 0 Å². The lowest BCUT2D eigenvalue weighted by Gasteiger charge is -2.44. The van der Waals surface area contributed by atoms with Crippen LogP contribution in [0.2, 0.25) is 0 Å². The molecular formula is C21H24O2. The van der Waals surface area contributed by atoms with E-state index in [9.17, 15) is 4.79 Å². The fourth-order valence-corrected chi connectivity index (χ4v) is 4.88. The maximum absolute atomic E-state index is 12.7. The topological polar surface area (TPSA) is 26.3 Å². The third kappa shape index (κ3) is 2.04. The van der Waals surface area contributed by atoms with Crippen molar-refractivity contribution in [2.75, 3.05) is 7.11 Å². The number of hydrogen-bond donors (Lipinski definition) is 0. The van der Waals surface area contributed by atoms with Crippen LogP contribution in [0.4, 0.5) is 0 Å². The van der Waals surface area contributed by atoms with Gasteiger partial charge >= 0.3 is 0 Å². The Labute approximate surface area is 138 Å². The summed E-state index contributed by atoms with van der Waals surface area (Å²) in [5.74, 6) is 1.42. The zero-order valence-electron chi connectivity index (χ0n) is 14.1. The summed E-state index contributed by atoms with van der Waals surface area (Å²) >= 11 is 0. The van der Waals surface area contributed by atoms with Gasteiger partial charge in [-0.3, -0.25) is 4.79 Å². The molecule has 0 aromatic heterocycles. The van der Waals surface area contributed by atoms with Gasteiger partial charge in [0.25, 0.3) is 0 Å². The second-order valence-electron chi connectivity index (χ2n) is 7.00. The second kappa shape index (κ2) is 5.36. The van der Waals surface area contributed by atoms with Crippen molar-refractivity contribution in [1.82, 2.24) is 0 Å². The minimum absolute atomic E-state index is 0.180. The highest BCUT2D eigenvalue weighted by molar-refractivity contribution is 5.94. The molecule has 0 bridgehead atoms. The summed E-state index contributed by atoms with van der Waals surface area (Å²) in [6, 6.07) is 6.46. The molecule has 3 aliphatic carbocycles. The second-order valence-corrected chi connectivity index (χ2v) is 7.00. The molecule has 3 aliphatic rings. The van der Waals surface area contributed by atoms with Crippen molar-refractivity contribution in [3.05, 3.63) is 46.5 Å². The number of ether oxygens (including phenoxy) is 1. The van der Waals surface area contributed by atoms with E-state index in [0.29, 0.717) is 5.78 Å². The number of ketones is 1. The molecule has 2 heteroatoms. The average Bonchev–Trinajstić information content (AvgIpc) is 2.61. The van der Waals surface area contributed by atoms with Crippen LogP contribution in [0.5, 0.6) is 5.75 Å². The van der Waals surface area contributed by atoms with Crippen LogP contribution in [-0.2, 0) is 11.2 Å². The van der Waals surface area contributed by atoms with Gasteiger partial charge in [0.1, 0.15) is 11.5 Å². The molecule has 0 saturated heterocycles. The SMILES string of the molecule is CCC12CCC3=C(CCc4cc(OC)ccc43)C1=CCCC2=O. The highest BCUT2D eigenvalue weighted by atomic mass is 16.5. The number of rotatable bonds is 2. The minimum Gasteiger partial charge on any atom is -0.497 e. The fourth-order valence-electron chi connectivity index (χ4n) is 4.88. The average molecular weight is 308 g/mol. The number of aryl methyl sites for hydroxylation is 1. The smallest absolute Gasteiger partial charge is 0.143 e. The third-order valence-electron chi connectivity index (χ3n) is 6.15. The van der Waals surface area contributed by atoms with E-state index in [1.807, 2.05) is 0 Å². The molecule has 1 aromatic rings. The number of carbonyl (C=O) groups excluding carboxylic acids is 1. The highest BCUT2D eigenvalue weighted by Crippen LogP contribution is 2.54. The van der Waals surface area contributed by atoms with Crippen molar-refractivity contribution >= 4 is 11.4 Å². The summed E-state index contributed by atoms with van der Waals surface area (Å²) in [5.41, 5.74) is 6.94. The summed E-state index contributed by atoms with van der Waals surface area (Å²) in [6.07, 6.45) is 9.10. The Hall–Kier alpha value is -1.83. The monoisotopic (exact) mass is 308 g/mol. The summed E-state index contributed by atoms with van der Waals surface area (Å²) < 4.78 is 5.38. The lowest BCUT2D eigenvalue weighted by molar-refractivity contribution is -0.127. The maximum Gasteiger partial charge on any atom is 0.143 e. The van der Waals surface area contributed by atoms with Crippen molar-refractivity contribution in [2.24, 2.45) is 5.41 Å². The molecule has 4 rings (SSSR count). The van der Waals surface area contributed by atoms with Crippen molar-refractivity contribution in [2.45, 2.75) is 51.9 Å². The van der Waals surface area contributed by atoms with Crippen LogP contribution < -0.4 is 4.74 Å². The van der Waals surface area contributed by atoms with Crippen molar-refractivity contribution in [1.29, 1.82) is 0 Å². The quantitative estimate of drug-likeness (QED) is 0.778. The van der Waals surface area contributed by atoms with Crippen molar-refractivity contribution < 1.29 is 9.53 Å². The van der Waals surface area contributed by atoms with Gasteiger partial charge in [-0.25, -0.2) is 0 Å². The molecule has 120 valence electrons. The number of Topliss-reactive ketones (excluding diaryl/α,β-unsaturated/α-hetero) is 1. The van der Waals surface area contributed by atoms with E-state index < -0.39 is 0 Å². The Morgan fingerprint density at radius 2 is 2.00 bits per heavy atom. The third-order valence-corrected chi connectivity index (χ3v) is 6.15. The highest BCUT2D eigenvalue weighted by Gasteiger charge is 2.46. The number of benzene rings is 1. The number of allylic oxidation sites excluding steroid dienone is 4. The first-order chi connectivity index (χ1) is 11.2. The van der Waals surface area contributed by atoms with Crippen LogP contribution in [0.15, 0.2) is 35.4 Å². The summed E-state index contributed by atoms with van der Waals surface area (Å²) in [4.78, 5) is 12.7. The van der Waals surface area contributed by atoms with Crippen LogP contribution in [0.3, 0.4) is 0 Å². The zero-order valence-corrected chi connectivity index (χ0v) is 14.1. The lowest BCUT2D eigenvalue weighted by atomic mass is 9.58. The molecule has 0 saturated carbocycles. The molecule has 1 atom stereocenters. The van der Waals surface area contributed by atoms with Gasteiger partial charge in [-0.15, -0.1) is 0 Å². The zero-order chi connectivity index (χ0) is 16.0. The number of fused-ring (bicyclic) bond motifs is 4.